The summed E-state index contributed by atoms with van der Waals surface area (Å²) in [4.78, 5) is 24.8. The molecule has 0 aliphatic heterocycles. The number of benzene rings is 2. The number of rotatable bonds is 7. The summed E-state index contributed by atoms with van der Waals surface area (Å²) in [6, 6.07) is 18.1. The number of hydrogen-bond donors (Lipinski definition) is 3. The molecule has 0 aliphatic carbocycles. The van der Waals surface area contributed by atoms with Crippen molar-refractivity contribution >= 4 is 29.9 Å². The quantitative estimate of drug-likeness (QED) is 0.707. The third-order valence-electron chi connectivity index (χ3n) is 3.76. The Labute approximate surface area is 154 Å². The van der Waals surface area contributed by atoms with E-state index < -0.39 is 6.04 Å². The largest absolute Gasteiger partial charge is 0.344 e. The first kappa shape index (κ1) is 20.7. The molecule has 2 rings (SSSR count). The molecule has 134 valence electrons. The maximum absolute atomic E-state index is 12.6. The van der Waals surface area contributed by atoms with Crippen LogP contribution in [0.25, 0.3) is 0 Å². The minimum atomic E-state index is -0.658. The van der Waals surface area contributed by atoms with Crippen molar-refractivity contribution in [1.29, 1.82) is 0 Å². The van der Waals surface area contributed by atoms with E-state index in [0.717, 1.165) is 5.56 Å². The average molecular weight is 362 g/mol. The van der Waals surface area contributed by atoms with Crippen molar-refractivity contribution in [3.8, 4) is 0 Å². The van der Waals surface area contributed by atoms with Gasteiger partial charge in [-0.1, -0.05) is 55.5 Å². The Hall–Kier alpha value is -2.37. The van der Waals surface area contributed by atoms with E-state index in [1.807, 2.05) is 60.7 Å². The second-order valence-corrected chi connectivity index (χ2v) is 5.74. The lowest BCUT2D eigenvalue weighted by molar-refractivity contribution is -0.128. The standard InChI is InChI=1S/C19H23N3O2.ClH/c1-14(13-20)18(23)22-17(12-15-8-4-2-5-9-15)19(24)21-16-10-6-3-7-11-16;/h2-11,14,17H,12-13,20H2,1H3,(H,21,24)(H,22,23);1H. The average Bonchev–Trinajstić information content (AvgIpc) is 2.62. The van der Waals surface area contributed by atoms with Crippen molar-refractivity contribution in [2.24, 2.45) is 11.7 Å². The highest BCUT2D eigenvalue weighted by Crippen LogP contribution is 2.09. The van der Waals surface area contributed by atoms with Crippen molar-refractivity contribution in [2.75, 3.05) is 11.9 Å². The van der Waals surface area contributed by atoms with Crippen molar-refractivity contribution in [3.05, 3.63) is 66.2 Å². The molecule has 0 radical (unpaired) electrons. The van der Waals surface area contributed by atoms with E-state index in [0.29, 0.717) is 12.1 Å². The third-order valence-corrected chi connectivity index (χ3v) is 3.76. The zero-order valence-corrected chi connectivity index (χ0v) is 15.0. The molecule has 6 heteroatoms. The lowest BCUT2D eigenvalue weighted by Crippen LogP contribution is -2.48. The molecule has 0 saturated carbocycles. The summed E-state index contributed by atoms with van der Waals surface area (Å²) in [5, 5.41) is 5.64. The summed E-state index contributed by atoms with van der Waals surface area (Å²) in [6.07, 6.45) is 0.419. The van der Waals surface area contributed by atoms with E-state index >= 15 is 0 Å². The molecule has 0 aromatic heterocycles. The summed E-state index contributed by atoms with van der Waals surface area (Å²) in [5.41, 5.74) is 7.21. The van der Waals surface area contributed by atoms with Gasteiger partial charge in [-0.15, -0.1) is 12.4 Å². The van der Waals surface area contributed by atoms with Gasteiger partial charge in [0.1, 0.15) is 6.04 Å². The van der Waals surface area contributed by atoms with Gasteiger partial charge in [-0.25, -0.2) is 0 Å². The summed E-state index contributed by atoms with van der Waals surface area (Å²) >= 11 is 0. The van der Waals surface area contributed by atoms with Crippen LogP contribution >= 0.6 is 12.4 Å². The molecule has 2 aromatic rings. The van der Waals surface area contributed by atoms with Crippen LogP contribution in [0.5, 0.6) is 0 Å². The molecule has 5 nitrogen and oxygen atoms in total. The Balaban J connectivity index is 0.00000312. The van der Waals surface area contributed by atoms with Crippen LogP contribution in [0.15, 0.2) is 60.7 Å². The first-order valence-corrected chi connectivity index (χ1v) is 8.00. The highest BCUT2D eigenvalue weighted by atomic mass is 35.5. The number of hydrogen-bond acceptors (Lipinski definition) is 3. The Morgan fingerprint density at radius 1 is 0.960 bits per heavy atom. The number of carbonyl (C=O) groups is 2. The molecule has 0 saturated heterocycles. The Morgan fingerprint density at radius 3 is 2.08 bits per heavy atom. The molecule has 2 aromatic carbocycles. The van der Waals surface area contributed by atoms with Crippen LogP contribution in [0.3, 0.4) is 0 Å². The molecule has 2 unspecified atom stereocenters. The van der Waals surface area contributed by atoms with Gasteiger partial charge in [-0.2, -0.15) is 0 Å². The zero-order valence-electron chi connectivity index (χ0n) is 14.1. The molecule has 0 aliphatic rings. The second kappa shape index (κ2) is 10.5. The number of halogens is 1. The van der Waals surface area contributed by atoms with Gasteiger partial charge in [0.15, 0.2) is 0 Å². The number of nitrogens with two attached hydrogens (primary N) is 1. The van der Waals surface area contributed by atoms with E-state index in [-0.39, 0.29) is 36.7 Å². The molecule has 2 atom stereocenters. The van der Waals surface area contributed by atoms with Crippen LogP contribution < -0.4 is 16.4 Å². The molecule has 25 heavy (non-hydrogen) atoms. The second-order valence-electron chi connectivity index (χ2n) is 5.74. The zero-order chi connectivity index (χ0) is 17.4. The van der Waals surface area contributed by atoms with Crippen molar-refractivity contribution in [1.82, 2.24) is 5.32 Å². The normalized spacial score (nSPS) is 12.4. The van der Waals surface area contributed by atoms with Gasteiger partial charge in [0, 0.05) is 24.6 Å². The number of para-hydroxylation sites is 1. The Morgan fingerprint density at radius 2 is 1.52 bits per heavy atom. The van der Waals surface area contributed by atoms with Crippen LogP contribution in [0.2, 0.25) is 0 Å². The van der Waals surface area contributed by atoms with Crippen LogP contribution in [-0.4, -0.2) is 24.4 Å². The number of anilines is 1. The van der Waals surface area contributed by atoms with Crippen LogP contribution in [-0.2, 0) is 16.0 Å². The summed E-state index contributed by atoms with van der Waals surface area (Å²) < 4.78 is 0. The summed E-state index contributed by atoms with van der Waals surface area (Å²) in [6.45, 7) is 1.98. The van der Waals surface area contributed by atoms with Gasteiger partial charge >= 0.3 is 0 Å². The fraction of sp³-hybridized carbons (Fsp3) is 0.263. The van der Waals surface area contributed by atoms with E-state index in [1.54, 1.807) is 6.92 Å². The van der Waals surface area contributed by atoms with Crippen LogP contribution in [0.4, 0.5) is 5.69 Å². The molecule has 4 N–H and O–H groups in total. The Kier molecular flexibility index (Phi) is 8.67. The number of carbonyl (C=O) groups excluding carboxylic acids is 2. The molecule has 0 fully saturated rings. The summed E-state index contributed by atoms with van der Waals surface area (Å²) in [7, 11) is 0. The lowest BCUT2D eigenvalue weighted by Gasteiger charge is -2.20. The van der Waals surface area contributed by atoms with Crippen LogP contribution in [0, 0.1) is 5.92 Å². The maximum atomic E-state index is 12.6. The minimum Gasteiger partial charge on any atom is -0.344 e. The fourth-order valence-electron chi connectivity index (χ4n) is 2.23. The fourth-order valence-corrected chi connectivity index (χ4v) is 2.23. The van der Waals surface area contributed by atoms with Gasteiger partial charge in [0.25, 0.3) is 0 Å². The van der Waals surface area contributed by atoms with Gasteiger partial charge in [0.2, 0.25) is 11.8 Å². The summed E-state index contributed by atoms with van der Waals surface area (Å²) in [5.74, 6) is -0.808. The monoisotopic (exact) mass is 361 g/mol. The molecular weight excluding hydrogens is 338 g/mol. The number of nitrogens with one attached hydrogen (secondary N) is 2. The Bertz CT molecular complexity index is 665. The van der Waals surface area contributed by atoms with Gasteiger partial charge in [-0.3, -0.25) is 9.59 Å². The molecule has 2 amide bonds. The van der Waals surface area contributed by atoms with Crippen LogP contribution in [0.1, 0.15) is 12.5 Å². The molecule has 0 bridgehead atoms. The first-order valence-electron chi connectivity index (χ1n) is 8.00. The van der Waals surface area contributed by atoms with E-state index in [1.165, 1.54) is 0 Å². The van der Waals surface area contributed by atoms with Crippen molar-refractivity contribution in [2.45, 2.75) is 19.4 Å². The van der Waals surface area contributed by atoms with Gasteiger partial charge in [0.05, 0.1) is 0 Å². The predicted octanol–water partition coefficient (Wildman–Crippen LogP) is 2.37. The molecule has 0 heterocycles. The smallest absolute Gasteiger partial charge is 0.247 e. The van der Waals surface area contributed by atoms with Gasteiger partial charge in [-0.05, 0) is 17.7 Å². The third kappa shape index (κ3) is 6.57. The SMILES string of the molecule is CC(CN)C(=O)NC(Cc1ccccc1)C(=O)Nc1ccccc1.Cl. The van der Waals surface area contributed by atoms with E-state index in [9.17, 15) is 9.59 Å². The van der Waals surface area contributed by atoms with E-state index in [2.05, 4.69) is 10.6 Å². The predicted molar refractivity (Wildman–Crippen MR) is 103 cm³/mol. The highest BCUT2D eigenvalue weighted by molar-refractivity contribution is 5.97. The van der Waals surface area contributed by atoms with Crippen molar-refractivity contribution in [3.63, 3.8) is 0 Å². The minimum absolute atomic E-state index is 0. The first-order chi connectivity index (χ1) is 11.6. The highest BCUT2D eigenvalue weighted by Gasteiger charge is 2.23. The molecule has 0 spiro atoms. The van der Waals surface area contributed by atoms with Crippen molar-refractivity contribution < 1.29 is 9.59 Å². The number of amides is 2. The maximum Gasteiger partial charge on any atom is 0.247 e. The topological polar surface area (TPSA) is 84.2 Å². The van der Waals surface area contributed by atoms with Gasteiger partial charge < -0.3 is 16.4 Å². The lowest BCUT2D eigenvalue weighted by atomic mass is 10.0. The van der Waals surface area contributed by atoms with E-state index in [4.69, 9.17) is 5.73 Å². The molecular formula is C19H24ClN3O2.